The normalized spacial score (nSPS) is 10.4. The largest absolute Gasteiger partial charge is 0.318 e. The van der Waals surface area contributed by atoms with Gasteiger partial charge in [0, 0.05) is 12.1 Å². The molecular weight excluding hydrogens is 248 g/mol. The molecule has 0 spiro atoms. The van der Waals surface area contributed by atoms with Crippen LogP contribution < -0.4 is 5.32 Å². The number of hydrogen-bond acceptors (Lipinski definition) is 3. The first-order chi connectivity index (χ1) is 7.82. The van der Waals surface area contributed by atoms with Gasteiger partial charge in [-0.25, -0.2) is 4.39 Å². The Bertz CT molecular complexity index is 478. The van der Waals surface area contributed by atoms with Crippen LogP contribution in [0.15, 0.2) is 12.1 Å². The number of carbonyl (C=O) groups excluding carboxylic acids is 1. The summed E-state index contributed by atoms with van der Waals surface area (Å²) in [6.07, 6.45) is -3.42. The van der Waals surface area contributed by atoms with Gasteiger partial charge in [0.2, 0.25) is 5.82 Å². The van der Waals surface area contributed by atoms with Gasteiger partial charge >= 0.3 is 12.1 Å². The molecular formula is C8H4F4N2O3. The lowest BCUT2D eigenvalue weighted by atomic mass is 10.2. The highest BCUT2D eigenvalue weighted by atomic mass is 19.3. The van der Waals surface area contributed by atoms with E-state index in [1.165, 1.54) is 5.32 Å². The van der Waals surface area contributed by atoms with Crippen LogP contribution in [0.2, 0.25) is 0 Å². The molecule has 0 heterocycles. The van der Waals surface area contributed by atoms with E-state index in [9.17, 15) is 32.5 Å². The smallest absolute Gasteiger partial charge is 0.315 e. The number of hydrogen-bond donors (Lipinski definition) is 1. The fourth-order valence-electron chi connectivity index (χ4n) is 0.961. The molecule has 0 atom stereocenters. The van der Waals surface area contributed by atoms with E-state index in [4.69, 9.17) is 0 Å². The summed E-state index contributed by atoms with van der Waals surface area (Å²) in [6, 6.07) is 0.449. The van der Waals surface area contributed by atoms with Crippen molar-refractivity contribution < 1.29 is 27.3 Å². The van der Waals surface area contributed by atoms with E-state index >= 15 is 0 Å². The van der Waals surface area contributed by atoms with E-state index in [1.807, 2.05) is 0 Å². The van der Waals surface area contributed by atoms with Gasteiger partial charge in [-0.2, -0.15) is 13.2 Å². The molecule has 1 aromatic carbocycles. The molecule has 5 nitrogen and oxygen atoms in total. The summed E-state index contributed by atoms with van der Waals surface area (Å²) in [5, 5.41) is 11.7. The van der Waals surface area contributed by atoms with Crippen molar-refractivity contribution in [1.29, 1.82) is 0 Å². The van der Waals surface area contributed by atoms with E-state index in [-0.39, 0.29) is 6.07 Å². The molecule has 1 amide bonds. The topological polar surface area (TPSA) is 72.2 Å². The minimum atomic E-state index is -3.42. The van der Waals surface area contributed by atoms with Gasteiger partial charge in [-0.1, -0.05) is 0 Å². The van der Waals surface area contributed by atoms with Gasteiger partial charge in [0.05, 0.1) is 10.6 Å². The Labute approximate surface area is 91.2 Å². The van der Waals surface area contributed by atoms with Crippen LogP contribution in [0.1, 0.15) is 0 Å². The van der Waals surface area contributed by atoms with Crippen LogP contribution in [0, 0.1) is 21.7 Å². The maximum atomic E-state index is 13.0. The Kier molecular flexibility index (Phi) is 3.61. The lowest BCUT2D eigenvalue weighted by Gasteiger charge is -2.05. The van der Waals surface area contributed by atoms with Gasteiger partial charge in [-0.05, 0) is 0 Å². The van der Waals surface area contributed by atoms with Crippen LogP contribution in [-0.2, 0) is 4.79 Å². The van der Waals surface area contributed by atoms with E-state index in [0.717, 1.165) is 0 Å². The van der Waals surface area contributed by atoms with Crippen molar-refractivity contribution in [2.24, 2.45) is 0 Å². The molecule has 1 rings (SSSR count). The second kappa shape index (κ2) is 4.76. The van der Waals surface area contributed by atoms with Crippen LogP contribution in [0.4, 0.5) is 28.9 Å². The molecule has 1 N–H and O–H groups in total. The van der Waals surface area contributed by atoms with Gasteiger partial charge in [-0.3, -0.25) is 14.9 Å². The standard InChI is InChI=1S/C8H4F4N2O3/c9-3-1-4(10)6(14(16)17)2-5(3)13-8(15)7(11)12/h1-2,7H,(H,13,15). The minimum Gasteiger partial charge on any atom is -0.318 e. The highest BCUT2D eigenvalue weighted by molar-refractivity contribution is 5.93. The summed E-state index contributed by atoms with van der Waals surface area (Å²) in [7, 11) is 0. The van der Waals surface area contributed by atoms with Crippen LogP contribution in [0.5, 0.6) is 0 Å². The number of alkyl halides is 2. The van der Waals surface area contributed by atoms with Crippen molar-refractivity contribution in [3.05, 3.63) is 33.9 Å². The Morgan fingerprint density at radius 3 is 2.35 bits per heavy atom. The summed E-state index contributed by atoms with van der Waals surface area (Å²) >= 11 is 0. The third-order valence-corrected chi connectivity index (χ3v) is 1.69. The van der Waals surface area contributed by atoms with E-state index in [0.29, 0.717) is 6.07 Å². The Hall–Kier alpha value is -2.19. The lowest BCUT2D eigenvalue weighted by molar-refractivity contribution is -0.387. The highest BCUT2D eigenvalue weighted by Gasteiger charge is 2.22. The summed E-state index contributed by atoms with van der Waals surface area (Å²) in [5.41, 5.74) is -2.01. The van der Waals surface area contributed by atoms with Crippen molar-refractivity contribution in [3.8, 4) is 0 Å². The van der Waals surface area contributed by atoms with Gasteiger partial charge in [0.25, 0.3) is 5.91 Å². The second-order valence-electron chi connectivity index (χ2n) is 2.83. The molecule has 0 saturated carbocycles. The predicted octanol–water partition coefficient (Wildman–Crippen LogP) is 2.08. The number of nitrogens with one attached hydrogen (secondary N) is 1. The summed E-state index contributed by atoms with van der Waals surface area (Å²) in [5.74, 6) is -4.70. The fourth-order valence-corrected chi connectivity index (χ4v) is 0.961. The number of amides is 1. The van der Waals surface area contributed by atoms with E-state index in [2.05, 4.69) is 0 Å². The molecule has 0 bridgehead atoms. The fraction of sp³-hybridized carbons (Fsp3) is 0.125. The molecule has 0 saturated heterocycles. The van der Waals surface area contributed by atoms with Crippen molar-refractivity contribution in [1.82, 2.24) is 0 Å². The van der Waals surface area contributed by atoms with Gasteiger partial charge in [-0.15, -0.1) is 0 Å². The number of nitro benzene ring substituents is 1. The summed E-state index contributed by atoms with van der Waals surface area (Å²) in [4.78, 5) is 19.7. The van der Waals surface area contributed by atoms with Crippen molar-refractivity contribution in [3.63, 3.8) is 0 Å². The van der Waals surface area contributed by atoms with Crippen LogP contribution in [0.3, 0.4) is 0 Å². The molecule has 92 valence electrons. The molecule has 0 aliphatic carbocycles. The van der Waals surface area contributed by atoms with E-state index < -0.39 is 40.3 Å². The zero-order valence-corrected chi connectivity index (χ0v) is 7.92. The third-order valence-electron chi connectivity index (χ3n) is 1.69. The lowest BCUT2D eigenvalue weighted by Crippen LogP contribution is -2.21. The Balaban J connectivity index is 3.12. The number of carbonyl (C=O) groups is 1. The molecule has 0 aliphatic rings. The maximum absolute atomic E-state index is 13.0. The highest BCUT2D eigenvalue weighted by Crippen LogP contribution is 2.25. The van der Waals surface area contributed by atoms with Gasteiger partial charge in [0.15, 0.2) is 0 Å². The predicted molar refractivity (Wildman–Crippen MR) is 47.6 cm³/mol. The monoisotopic (exact) mass is 252 g/mol. The molecule has 9 heteroatoms. The number of rotatable bonds is 3. The van der Waals surface area contributed by atoms with Crippen molar-refractivity contribution >= 4 is 17.3 Å². The molecule has 0 unspecified atom stereocenters. The first kappa shape index (κ1) is 12.9. The Morgan fingerprint density at radius 1 is 1.29 bits per heavy atom. The SMILES string of the molecule is O=C(Nc1cc([N+](=O)[O-])c(F)cc1F)C(F)F. The molecule has 0 aromatic heterocycles. The molecule has 0 aliphatic heterocycles. The maximum Gasteiger partial charge on any atom is 0.315 e. The van der Waals surface area contributed by atoms with Crippen LogP contribution >= 0.6 is 0 Å². The van der Waals surface area contributed by atoms with Crippen LogP contribution in [-0.4, -0.2) is 17.3 Å². The summed E-state index contributed by atoms with van der Waals surface area (Å²) < 4.78 is 49.5. The number of nitro groups is 1. The average molecular weight is 252 g/mol. The Morgan fingerprint density at radius 2 is 1.88 bits per heavy atom. The third kappa shape index (κ3) is 2.89. The number of anilines is 1. The van der Waals surface area contributed by atoms with Crippen molar-refractivity contribution in [2.45, 2.75) is 6.43 Å². The zero-order valence-electron chi connectivity index (χ0n) is 7.92. The van der Waals surface area contributed by atoms with Gasteiger partial charge in [0.1, 0.15) is 5.82 Å². The number of nitrogens with zero attached hydrogens (tertiary/aromatic N) is 1. The number of benzene rings is 1. The van der Waals surface area contributed by atoms with Crippen LogP contribution in [0.25, 0.3) is 0 Å². The molecule has 0 fully saturated rings. The quantitative estimate of drug-likeness (QED) is 0.508. The van der Waals surface area contributed by atoms with E-state index in [1.54, 1.807) is 0 Å². The van der Waals surface area contributed by atoms with Crippen molar-refractivity contribution in [2.75, 3.05) is 5.32 Å². The molecule has 1 aromatic rings. The first-order valence-corrected chi connectivity index (χ1v) is 4.05. The zero-order chi connectivity index (χ0) is 13.2. The molecule has 17 heavy (non-hydrogen) atoms. The molecule has 0 radical (unpaired) electrons. The number of halogens is 4. The van der Waals surface area contributed by atoms with Gasteiger partial charge < -0.3 is 5.32 Å². The summed E-state index contributed by atoms with van der Waals surface area (Å²) in [6.45, 7) is 0. The first-order valence-electron chi connectivity index (χ1n) is 4.05. The average Bonchev–Trinajstić information content (AvgIpc) is 2.21. The second-order valence-corrected chi connectivity index (χ2v) is 2.83. The minimum absolute atomic E-state index is 0.124.